The first-order valence-electron chi connectivity index (χ1n) is 9.26. The van der Waals surface area contributed by atoms with Gasteiger partial charge in [0.25, 0.3) is 0 Å². The van der Waals surface area contributed by atoms with E-state index in [-0.39, 0.29) is 0 Å². The Morgan fingerprint density at radius 2 is 1.52 bits per heavy atom. The molecule has 0 radical (unpaired) electrons. The molecule has 1 heterocycles. The van der Waals surface area contributed by atoms with Crippen molar-refractivity contribution < 1.29 is 4.42 Å². The molecule has 1 aromatic heterocycles. The number of benzene rings is 2. The second-order valence-corrected chi connectivity index (χ2v) is 6.59. The number of aromatic nitrogens is 2. The third-order valence-electron chi connectivity index (χ3n) is 4.57. The Balaban J connectivity index is 1.64. The van der Waals surface area contributed by atoms with Crippen molar-refractivity contribution >= 4 is 0 Å². The predicted molar refractivity (Wildman–Crippen MR) is 102 cm³/mol. The molecule has 0 aliphatic carbocycles. The van der Waals surface area contributed by atoms with E-state index in [1.54, 1.807) is 0 Å². The number of unbranched alkanes of at least 4 members (excludes halogenated alkanes) is 4. The SMILES string of the molecule is CCCCCCCc1ccc(-c2nnc(-c3ccccc3C)o2)cc1. The fourth-order valence-corrected chi connectivity index (χ4v) is 3.01. The fraction of sp³-hybridized carbons (Fsp3) is 0.364. The van der Waals surface area contributed by atoms with Crippen LogP contribution < -0.4 is 0 Å². The number of nitrogens with zero attached hydrogens (tertiary/aromatic N) is 2. The molecule has 0 amide bonds. The van der Waals surface area contributed by atoms with Crippen molar-refractivity contribution in [3.8, 4) is 22.9 Å². The van der Waals surface area contributed by atoms with Gasteiger partial charge >= 0.3 is 0 Å². The molecule has 3 nitrogen and oxygen atoms in total. The molecular weight excluding hydrogens is 308 g/mol. The minimum Gasteiger partial charge on any atom is -0.416 e. The van der Waals surface area contributed by atoms with Crippen LogP contribution in [0.5, 0.6) is 0 Å². The van der Waals surface area contributed by atoms with Crippen LogP contribution in [0.4, 0.5) is 0 Å². The smallest absolute Gasteiger partial charge is 0.248 e. The van der Waals surface area contributed by atoms with Gasteiger partial charge in [-0.2, -0.15) is 0 Å². The van der Waals surface area contributed by atoms with E-state index in [9.17, 15) is 0 Å². The van der Waals surface area contributed by atoms with Crippen LogP contribution in [-0.4, -0.2) is 10.2 Å². The lowest BCUT2D eigenvalue weighted by atomic mass is 10.0. The number of rotatable bonds is 8. The van der Waals surface area contributed by atoms with E-state index in [1.165, 1.54) is 37.7 Å². The molecule has 0 aliphatic rings. The quantitative estimate of drug-likeness (QED) is 0.459. The van der Waals surface area contributed by atoms with Gasteiger partial charge < -0.3 is 4.42 Å². The molecule has 0 aliphatic heterocycles. The molecule has 0 saturated carbocycles. The van der Waals surface area contributed by atoms with E-state index < -0.39 is 0 Å². The Kier molecular flexibility index (Phi) is 5.99. The van der Waals surface area contributed by atoms with Gasteiger partial charge in [-0.3, -0.25) is 0 Å². The van der Waals surface area contributed by atoms with Crippen LogP contribution in [0.25, 0.3) is 22.9 Å². The summed E-state index contributed by atoms with van der Waals surface area (Å²) in [6, 6.07) is 16.6. The minimum absolute atomic E-state index is 0.577. The van der Waals surface area contributed by atoms with Crippen molar-refractivity contribution in [1.29, 1.82) is 0 Å². The van der Waals surface area contributed by atoms with Gasteiger partial charge in [0.2, 0.25) is 11.8 Å². The molecule has 3 rings (SSSR count). The molecule has 0 unspecified atom stereocenters. The Hall–Kier alpha value is -2.42. The highest BCUT2D eigenvalue weighted by Gasteiger charge is 2.11. The molecule has 0 spiro atoms. The topological polar surface area (TPSA) is 38.9 Å². The lowest BCUT2D eigenvalue weighted by Crippen LogP contribution is -1.87. The zero-order valence-corrected chi connectivity index (χ0v) is 15.2. The molecule has 0 N–H and O–H groups in total. The van der Waals surface area contributed by atoms with Gasteiger partial charge in [-0.1, -0.05) is 62.9 Å². The average Bonchev–Trinajstić information content (AvgIpc) is 3.12. The maximum absolute atomic E-state index is 5.88. The summed E-state index contributed by atoms with van der Waals surface area (Å²) in [7, 11) is 0. The van der Waals surface area contributed by atoms with E-state index in [0.29, 0.717) is 11.8 Å². The average molecular weight is 334 g/mol. The van der Waals surface area contributed by atoms with Crippen LogP contribution in [0.15, 0.2) is 52.9 Å². The van der Waals surface area contributed by atoms with Crippen molar-refractivity contribution in [2.75, 3.05) is 0 Å². The van der Waals surface area contributed by atoms with Crippen molar-refractivity contribution in [1.82, 2.24) is 10.2 Å². The molecular formula is C22H26N2O. The Morgan fingerprint density at radius 3 is 2.28 bits per heavy atom. The van der Waals surface area contributed by atoms with Gasteiger partial charge in [0.05, 0.1) is 0 Å². The number of hydrogen-bond donors (Lipinski definition) is 0. The molecule has 0 atom stereocenters. The summed E-state index contributed by atoms with van der Waals surface area (Å²) in [6.07, 6.45) is 7.71. The minimum atomic E-state index is 0.577. The molecule has 130 valence electrons. The third-order valence-corrected chi connectivity index (χ3v) is 4.57. The van der Waals surface area contributed by atoms with Crippen LogP contribution in [0.3, 0.4) is 0 Å². The van der Waals surface area contributed by atoms with Gasteiger partial charge in [-0.25, -0.2) is 0 Å². The summed E-state index contributed by atoms with van der Waals surface area (Å²) in [5.41, 5.74) is 4.47. The first kappa shape index (κ1) is 17.4. The molecule has 0 saturated heterocycles. The number of aryl methyl sites for hydroxylation is 2. The van der Waals surface area contributed by atoms with Crippen LogP contribution >= 0.6 is 0 Å². The number of hydrogen-bond acceptors (Lipinski definition) is 3. The highest BCUT2D eigenvalue weighted by Crippen LogP contribution is 2.26. The Labute approximate surface area is 150 Å². The van der Waals surface area contributed by atoms with E-state index in [4.69, 9.17) is 4.42 Å². The summed E-state index contributed by atoms with van der Waals surface area (Å²) < 4.78 is 5.88. The van der Waals surface area contributed by atoms with Crippen LogP contribution in [-0.2, 0) is 6.42 Å². The second kappa shape index (κ2) is 8.61. The monoisotopic (exact) mass is 334 g/mol. The summed E-state index contributed by atoms with van der Waals surface area (Å²) >= 11 is 0. The van der Waals surface area contributed by atoms with E-state index >= 15 is 0 Å². The van der Waals surface area contributed by atoms with Crippen LogP contribution in [0, 0.1) is 6.92 Å². The second-order valence-electron chi connectivity index (χ2n) is 6.59. The summed E-state index contributed by atoms with van der Waals surface area (Å²) in [5.74, 6) is 1.15. The van der Waals surface area contributed by atoms with E-state index in [2.05, 4.69) is 54.4 Å². The summed E-state index contributed by atoms with van der Waals surface area (Å²) in [4.78, 5) is 0. The van der Waals surface area contributed by atoms with Gasteiger partial charge in [0, 0.05) is 11.1 Å². The van der Waals surface area contributed by atoms with Crippen molar-refractivity contribution in [3.05, 3.63) is 59.7 Å². The maximum atomic E-state index is 5.88. The lowest BCUT2D eigenvalue weighted by molar-refractivity contribution is 0.584. The molecule has 2 aromatic carbocycles. The van der Waals surface area contributed by atoms with Gasteiger partial charge in [0.15, 0.2) is 0 Å². The highest BCUT2D eigenvalue weighted by molar-refractivity contribution is 5.60. The highest BCUT2D eigenvalue weighted by atomic mass is 16.4. The van der Waals surface area contributed by atoms with Gasteiger partial charge in [-0.05, 0) is 49.1 Å². The molecule has 0 fully saturated rings. The summed E-state index contributed by atoms with van der Waals surface area (Å²) in [5, 5.41) is 8.42. The lowest BCUT2D eigenvalue weighted by Gasteiger charge is -2.03. The largest absolute Gasteiger partial charge is 0.416 e. The van der Waals surface area contributed by atoms with E-state index in [0.717, 1.165) is 23.1 Å². The van der Waals surface area contributed by atoms with Crippen LogP contribution in [0.2, 0.25) is 0 Å². The third kappa shape index (κ3) is 4.56. The summed E-state index contributed by atoms with van der Waals surface area (Å²) in [6.45, 7) is 4.30. The van der Waals surface area contributed by atoms with E-state index in [1.807, 2.05) is 18.2 Å². The predicted octanol–water partition coefficient (Wildman–Crippen LogP) is 6.22. The first-order chi connectivity index (χ1) is 12.3. The maximum Gasteiger partial charge on any atom is 0.248 e. The van der Waals surface area contributed by atoms with Gasteiger partial charge in [0.1, 0.15) is 0 Å². The van der Waals surface area contributed by atoms with Gasteiger partial charge in [-0.15, -0.1) is 10.2 Å². The normalized spacial score (nSPS) is 11.0. The molecule has 0 bridgehead atoms. The van der Waals surface area contributed by atoms with Crippen molar-refractivity contribution in [2.24, 2.45) is 0 Å². The fourth-order valence-electron chi connectivity index (χ4n) is 3.01. The molecule has 25 heavy (non-hydrogen) atoms. The standard InChI is InChI=1S/C22H26N2O/c1-3-4-5-6-7-11-18-13-15-19(16-14-18)21-23-24-22(25-21)20-12-9-8-10-17(20)2/h8-10,12-16H,3-7,11H2,1-2H3. The zero-order valence-electron chi connectivity index (χ0n) is 15.2. The molecule has 3 aromatic rings. The van der Waals surface area contributed by atoms with Crippen molar-refractivity contribution in [2.45, 2.75) is 52.4 Å². The molecule has 3 heteroatoms. The zero-order chi connectivity index (χ0) is 17.5. The first-order valence-corrected chi connectivity index (χ1v) is 9.26. The Morgan fingerprint density at radius 1 is 0.800 bits per heavy atom. The van der Waals surface area contributed by atoms with Crippen LogP contribution in [0.1, 0.15) is 50.2 Å². The van der Waals surface area contributed by atoms with Crippen molar-refractivity contribution in [3.63, 3.8) is 0 Å². The Bertz CT molecular complexity index is 790.